The summed E-state index contributed by atoms with van der Waals surface area (Å²) in [6, 6.07) is 4.68. The number of ketones is 1. The number of benzene rings is 1. The first kappa shape index (κ1) is 17.5. The summed E-state index contributed by atoms with van der Waals surface area (Å²) >= 11 is 0. The third-order valence-corrected chi connectivity index (χ3v) is 4.23. The number of phenols is 1. The zero-order chi connectivity index (χ0) is 19.0. The van der Waals surface area contributed by atoms with Gasteiger partial charge in [0.05, 0.1) is 12.8 Å². The molecule has 2 aromatic rings. The molecule has 0 spiro atoms. The van der Waals surface area contributed by atoms with Crippen molar-refractivity contribution < 1.29 is 14.6 Å². The van der Waals surface area contributed by atoms with Crippen molar-refractivity contribution in [2.24, 2.45) is 7.05 Å². The van der Waals surface area contributed by atoms with Gasteiger partial charge in [-0.15, -0.1) is 0 Å². The van der Waals surface area contributed by atoms with E-state index in [0.29, 0.717) is 24.3 Å². The number of anilines is 1. The molecule has 0 aliphatic carbocycles. The van der Waals surface area contributed by atoms with Gasteiger partial charge in [-0.1, -0.05) is 13.0 Å². The molecule has 0 bridgehead atoms. The number of ether oxygens (including phenoxy) is 1. The maximum atomic E-state index is 12.7. The number of carbonyl (C=O) groups excluding carboxylic acids is 1. The molecule has 1 aromatic heterocycles. The van der Waals surface area contributed by atoms with Crippen LogP contribution in [-0.4, -0.2) is 27.1 Å². The minimum absolute atomic E-state index is 0.0514. The van der Waals surface area contributed by atoms with Crippen LogP contribution in [0.25, 0.3) is 6.08 Å². The van der Waals surface area contributed by atoms with Gasteiger partial charge in [0.15, 0.2) is 11.5 Å². The first-order chi connectivity index (χ1) is 12.4. The van der Waals surface area contributed by atoms with Crippen LogP contribution < -0.4 is 21.3 Å². The van der Waals surface area contributed by atoms with Gasteiger partial charge in [-0.2, -0.15) is 0 Å². The van der Waals surface area contributed by atoms with Crippen molar-refractivity contribution >= 4 is 17.7 Å². The molecule has 2 N–H and O–H groups in total. The lowest BCUT2D eigenvalue weighted by molar-refractivity contribution is 0.104. The van der Waals surface area contributed by atoms with E-state index in [1.807, 2.05) is 6.92 Å². The highest BCUT2D eigenvalue weighted by molar-refractivity contribution is 6.19. The summed E-state index contributed by atoms with van der Waals surface area (Å²) in [6.07, 6.45) is 2.19. The Labute approximate surface area is 149 Å². The van der Waals surface area contributed by atoms with Crippen LogP contribution in [0.1, 0.15) is 29.3 Å². The second-order valence-electron chi connectivity index (χ2n) is 5.97. The van der Waals surface area contributed by atoms with Gasteiger partial charge in [-0.3, -0.25) is 18.7 Å². The van der Waals surface area contributed by atoms with Crippen LogP contribution in [0, 0.1) is 0 Å². The SMILES string of the molecule is CCCn1c2c(c(=O)n(C)c1=O)C(=O)/C(=C/c1ccc(OC)c(O)c1)N2. The lowest BCUT2D eigenvalue weighted by Crippen LogP contribution is -2.40. The van der Waals surface area contributed by atoms with E-state index < -0.39 is 17.0 Å². The summed E-state index contributed by atoms with van der Waals surface area (Å²) in [5.41, 5.74) is -0.440. The molecule has 8 heteroatoms. The first-order valence-electron chi connectivity index (χ1n) is 8.13. The molecule has 0 atom stereocenters. The number of nitrogens with zero attached hydrogens (tertiary/aromatic N) is 2. The van der Waals surface area contributed by atoms with Gasteiger partial charge in [0, 0.05) is 13.6 Å². The number of methoxy groups -OCH3 is 1. The summed E-state index contributed by atoms with van der Waals surface area (Å²) in [4.78, 5) is 37.4. The van der Waals surface area contributed by atoms with Crippen molar-refractivity contribution in [2.45, 2.75) is 19.9 Å². The van der Waals surface area contributed by atoms with Gasteiger partial charge < -0.3 is 15.2 Å². The molecular formula is C18H19N3O5. The van der Waals surface area contributed by atoms with Crippen molar-refractivity contribution in [2.75, 3.05) is 12.4 Å². The van der Waals surface area contributed by atoms with E-state index in [4.69, 9.17) is 4.74 Å². The van der Waals surface area contributed by atoms with Crippen molar-refractivity contribution in [3.63, 3.8) is 0 Å². The van der Waals surface area contributed by atoms with E-state index in [2.05, 4.69) is 5.32 Å². The number of rotatable bonds is 4. The number of hydrogen-bond donors (Lipinski definition) is 2. The van der Waals surface area contributed by atoms with Gasteiger partial charge in [0.25, 0.3) is 5.56 Å². The second kappa shape index (κ2) is 6.55. The van der Waals surface area contributed by atoms with Crippen LogP contribution in [0.3, 0.4) is 0 Å². The maximum absolute atomic E-state index is 12.7. The third kappa shape index (κ3) is 2.69. The number of carbonyl (C=O) groups is 1. The molecule has 0 radical (unpaired) electrons. The molecule has 0 saturated carbocycles. The maximum Gasteiger partial charge on any atom is 0.332 e. The number of hydrogen-bond acceptors (Lipinski definition) is 6. The molecule has 1 aliphatic rings. The Hall–Kier alpha value is -3.29. The smallest absolute Gasteiger partial charge is 0.332 e. The van der Waals surface area contributed by atoms with Crippen LogP contribution in [-0.2, 0) is 13.6 Å². The van der Waals surface area contributed by atoms with Crippen molar-refractivity contribution in [3.8, 4) is 11.5 Å². The second-order valence-corrected chi connectivity index (χ2v) is 5.97. The lowest BCUT2D eigenvalue weighted by Gasteiger charge is -2.11. The molecule has 8 nitrogen and oxygen atoms in total. The highest BCUT2D eigenvalue weighted by Gasteiger charge is 2.32. The molecule has 0 unspecified atom stereocenters. The Bertz CT molecular complexity index is 1050. The molecule has 26 heavy (non-hydrogen) atoms. The standard InChI is InChI=1S/C18H19N3O5/c1-4-7-21-16-14(17(24)20(2)18(21)25)15(23)11(19-16)8-10-5-6-13(26-3)12(22)9-10/h5-6,8-9,19,22H,4,7H2,1-3H3/b11-8-. The van der Waals surface area contributed by atoms with Crippen LogP contribution in [0.15, 0.2) is 33.5 Å². The number of aromatic hydroxyl groups is 1. The van der Waals surface area contributed by atoms with Crippen LogP contribution in [0.4, 0.5) is 5.82 Å². The number of fused-ring (bicyclic) bond motifs is 1. The zero-order valence-corrected chi connectivity index (χ0v) is 14.7. The highest BCUT2D eigenvalue weighted by atomic mass is 16.5. The average molecular weight is 357 g/mol. The van der Waals surface area contributed by atoms with E-state index in [1.54, 1.807) is 12.1 Å². The van der Waals surface area contributed by atoms with E-state index >= 15 is 0 Å². The highest BCUT2D eigenvalue weighted by Crippen LogP contribution is 2.29. The molecule has 1 aliphatic heterocycles. The molecule has 3 rings (SSSR count). The molecule has 0 amide bonds. The predicted octanol–water partition coefficient (Wildman–Crippen LogP) is 1.32. The molecule has 2 heterocycles. The van der Waals surface area contributed by atoms with Crippen molar-refractivity contribution in [1.29, 1.82) is 0 Å². The summed E-state index contributed by atoms with van der Waals surface area (Å²) in [5, 5.41) is 12.8. The summed E-state index contributed by atoms with van der Waals surface area (Å²) < 4.78 is 7.32. The van der Waals surface area contributed by atoms with E-state index in [9.17, 15) is 19.5 Å². The lowest BCUT2D eigenvalue weighted by atomic mass is 10.1. The Morgan fingerprint density at radius 1 is 1.27 bits per heavy atom. The monoisotopic (exact) mass is 357 g/mol. The number of aromatic nitrogens is 2. The number of allylic oxidation sites excluding steroid dienone is 1. The van der Waals surface area contributed by atoms with E-state index in [1.165, 1.54) is 30.9 Å². The topological polar surface area (TPSA) is 103 Å². The molecular weight excluding hydrogens is 338 g/mol. The number of phenolic OH excluding ortho intramolecular Hbond substituents is 1. The van der Waals surface area contributed by atoms with Crippen molar-refractivity contribution in [3.05, 3.63) is 55.9 Å². The summed E-state index contributed by atoms with van der Waals surface area (Å²) in [7, 11) is 2.79. The molecule has 0 fully saturated rings. The first-order valence-corrected chi connectivity index (χ1v) is 8.13. The van der Waals surface area contributed by atoms with Gasteiger partial charge in [-0.05, 0) is 30.2 Å². The quantitative estimate of drug-likeness (QED) is 0.800. The average Bonchev–Trinajstić information content (AvgIpc) is 2.93. The minimum Gasteiger partial charge on any atom is -0.504 e. The fourth-order valence-corrected chi connectivity index (χ4v) is 2.92. The normalized spacial score (nSPS) is 14.4. The largest absolute Gasteiger partial charge is 0.504 e. The third-order valence-electron chi connectivity index (χ3n) is 4.23. The van der Waals surface area contributed by atoms with Gasteiger partial charge >= 0.3 is 5.69 Å². The fraction of sp³-hybridized carbons (Fsp3) is 0.278. The summed E-state index contributed by atoms with van der Waals surface area (Å²) in [5.74, 6) is -0.0230. The molecule has 0 saturated heterocycles. The van der Waals surface area contributed by atoms with Crippen LogP contribution in [0.2, 0.25) is 0 Å². The predicted molar refractivity (Wildman–Crippen MR) is 96.8 cm³/mol. The van der Waals surface area contributed by atoms with Gasteiger partial charge in [0.2, 0.25) is 5.78 Å². The Kier molecular flexibility index (Phi) is 4.41. The van der Waals surface area contributed by atoms with Crippen LogP contribution >= 0.6 is 0 Å². The van der Waals surface area contributed by atoms with Gasteiger partial charge in [0.1, 0.15) is 11.4 Å². The van der Waals surface area contributed by atoms with E-state index in [0.717, 1.165) is 4.57 Å². The Balaban J connectivity index is 2.11. The van der Waals surface area contributed by atoms with E-state index in [-0.39, 0.29) is 22.8 Å². The van der Waals surface area contributed by atoms with Crippen LogP contribution in [0.5, 0.6) is 11.5 Å². The summed E-state index contributed by atoms with van der Waals surface area (Å²) in [6.45, 7) is 2.28. The molecule has 1 aromatic carbocycles. The zero-order valence-electron chi connectivity index (χ0n) is 14.7. The number of Topliss-reactive ketones (excluding diaryl/α,β-unsaturated/α-hetero) is 1. The fourth-order valence-electron chi connectivity index (χ4n) is 2.92. The minimum atomic E-state index is -0.629. The Morgan fingerprint density at radius 3 is 2.62 bits per heavy atom. The molecule has 136 valence electrons. The number of nitrogens with one attached hydrogen (secondary N) is 1. The Morgan fingerprint density at radius 2 is 2.00 bits per heavy atom. The van der Waals surface area contributed by atoms with Gasteiger partial charge in [-0.25, -0.2) is 4.79 Å². The van der Waals surface area contributed by atoms with Crippen molar-refractivity contribution in [1.82, 2.24) is 9.13 Å².